The van der Waals surface area contributed by atoms with Gasteiger partial charge >= 0.3 is 12.8 Å². The highest BCUT2D eigenvalue weighted by Crippen LogP contribution is 1.58. The molecule has 0 aliphatic carbocycles. The van der Waals surface area contributed by atoms with E-state index < -0.39 is 0 Å². The van der Waals surface area contributed by atoms with Crippen LogP contribution < -0.4 is 0 Å². The molecule has 0 spiro atoms. The summed E-state index contributed by atoms with van der Waals surface area (Å²) in [5, 5.41) is 0. The zero-order valence-corrected chi connectivity index (χ0v) is 6.46. The predicted molar refractivity (Wildman–Crippen MR) is 37.4 cm³/mol. The van der Waals surface area contributed by atoms with E-state index in [2.05, 4.69) is 0 Å². The second-order valence-electron chi connectivity index (χ2n) is 2.27. The van der Waals surface area contributed by atoms with E-state index >= 15 is 0 Å². The van der Waals surface area contributed by atoms with E-state index in [4.69, 9.17) is 4.74 Å². The predicted octanol–water partition coefficient (Wildman–Crippen LogP) is -0.396. The minimum absolute atomic E-state index is 1.62. The molecule has 0 fully saturated rings. The van der Waals surface area contributed by atoms with Crippen molar-refractivity contribution < 1.29 is 13.9 Å². The van der Waals surface area contributed by atoms with Gasteiger partial charge in [0.1, 0.15) is 28.2 Å². The van der Waals surface area contributed by atoms with Crippen molar-refractivity contribution in [2.24, 2.45) is 0 Å². The third-order valence-corrected chi connectivity index (χ3v) is 0.543. The van der Waals surface area contributed by atoms with E-state index in [1.54, 1.807) is 12.8 Å². The molecule has 0 aromatic heterocycles. The van der Waals surface area contributed by atoms with E-state index in [0.29, 0.717) is 0 Å². The quantitative estimate of drug-likeness (QED) is 0.282. The van der Waals surface area contributed by atoms with Crippen LogP contribution in [0.25, 0.3) is 0 Å². The molecule has 3 nitrogen and oxygen atoms in total. The molecule has 0 unspecified atom stereocenters. The molecular weight excluding hydrogens is 116 g/mol. The fourth-order valence-electron chi connectivity index (χ4n) is 0.271. The number of ether oxygens (including phenoxy) is 1. The van der Waals surface area contributed by atoms with Gasteiger partial charge in [-0.2, -0.15) is 0 Å². The molecule has 9 heavy (non-hydrogen) atoms. The van der Waals surface area contributed by atoms with Gasteiger partial charge in [-0.1, -0.05) is 0 Å². The van der Waals surface area contributed by atoms with Crippen LogP contribution in [0.4, 0.5) is 0 Å². The van der Waals surface area contributed by atoms with Gasteiger partial charge in [-0.25, -0.2) is 9.15 Å². The zero-order valence-electron chi connectivity index (χ0n) is 6.46. The summed E-state index contributed by atoms with van der Waals surface area (Å²) in [6, 6.07) is 0. The van der Waals surface area contributed by atoms with Gasteiger partial charge in [0.15, 0.2) is 0 Å². The third kappa shape index (κ3) is 7.14. The van der Waals surface area contributed by atoms with E-state index in [1.165, 1.54) is 0 Å². The minimum atomic E-state index is 1.62. The first-order valence-electron chi connectivity index (χ1n) is 2.78. The maximum Gasteiger partial charge on any atom is 0.332 e. The first-order chi connectivity index (χ1) is 4.13. The molecule has 0 saturated carbocycles. The molecule has 0 aliphatic rings. The molecule has 0 bridgehead atoms. The van der Waals surface area contributed by atoms with Crippen LogP contribution in [0, 0.1) is 0 Å². The van der Waals surface area contributed by atoms with Crippen LogP contribution in [-0.2, 0) is 4.74 Å². The van der Waals surface area contributed by atoms with E-state index in [-0.39, 0.29) is 0 Å². The summed E-state index contributed by atoms with van der Waals surface area (Å²) in [6.07, 6.45) is 3.25. The molecule has 0 radical (unpaired) electrons. The van der Waals surface area contributed by atoms with E-state index in [0.717, 1.165) is 0 Å². The highest BCUT2D eigenvalue weighted by Gasteiger charge is 1.83. The lowest BCUT2D eigenvalue weighted by molar-refractivity contribution is -0.477. The minimum Gasteiger partial charge on any atom is -0.361 e. The summed E-state index contributed by atoms with van der Waals surface area (Å²) in [5.74, 6) is 0. The van der Waals surface area contributed by atoms with Crippen molar-refractivity contribution in [2.75, 3.05) is 28.2 Å². The number of nitrogens with zero attached hydrogens (tertiary/aromatic N) is 2. The molecule has 0 N–H and O–H groups in total. The maximum atomic E-state index is 4.96. The third-order valence-electron chi connectivity index (χ3n) is 0.543. The monoisotopic (exact) mass is 130 g/mol. The largest absolute Gasteiger partial charge is 0.361 e. The second kappa shape index (κ2) is 4.06. The highest BCUT2D eigenvalue weighted by molar-refractivity contribution is 5.56. The summed E-state index contributed by atoms with van der Waals surface area (Å²) < 4.78 is 8.62. The van der Waals surface area contributed by atoms with Crippen molar-refractivity contribution >= 4 is 12.8 Å². The van der Waals surface area contributed by atoms with Crippen LogP contribution in [0.3, 0.4) is 0 Å². The fourth-order valence-corrected chi connectivity index (χ4v) is 0.271. The van der Waals surface area contributed by atoms with Crippen LogP contribution in [-0.4, -0.2) is 50.1 Å². The zero-order chi connectivity index (χ0) is 7.28. The first-order valence-corrected chi connectivity index (χ1v) is 2.78. The average molecular weight is 130 g/mol. The van der Waals surface area contributed by atoms with Gasteiger partial charge in [-0.3, -0.25) is 0 Å². The van der Waals surface area contributed by atoms with E-state index in [1.807, 2.05) is 37.3 Å². The Balaban J connectivity index is 3.53. The van der Waals surface area contributed by atoms with Gasteiger partial charge < -0.3 is 4.74 Å². The van der Waals surface area contributed by atoms with Crippen molar-refractivity contribution in [3.8, 4) is 0 Å². The van der Waals surface area contributed by atoms with Gasteiger partial charge in [-0.05, 0) is 0 Å². The van der Waals surface area contributed by atoms with Crippen LogP contribution in [0.15, 0.2) is 0 Å². The molecule has 52 valence electrons. The number of hydrogen-bond donors (Lipinski definition) is 0. The van der Waals surface area contributed by atoms with Crippen molar-refractivity contribution in [2.45, 2.75) is 0 Å². The molecule has 0 aliphatic heterocycles. The van der Waals surface area contributed by atoms with Crippen molar-refractivity contribution in [3.63, 3.8) is 0 Å². The molecule has 0 rings (SSSR count). The Morgan fingerprint density at radius 3 is 1.44 bits per heavy atom. The van der Waals surface area contributed by atoms with Gasteiger partial charge in [0.25, 0.3) is 0 Å². The fraction of sp³-hybridized carbons (Fsp3) is 0.667. The molecule has 0 aromatic rings. The lowest BCUT2D eigenvalue weighted by Gasteiger charge is -1.84. The first kappa shape index (κ1) is 8.14. The molecule has 3 heteroatoms. The Kier molecular flexibility index (Phi) is 3.67. The summed E-state index contributed by atoms with van der Waals surface area (Å²) in [5.41, 5.74) is 0. The Labute approximate surface area is 55.9 Å². The summed E-state index contributed by atoms with van der Waals surface area (Å²) >= 11 is 0. The smallest absolute Gasteiger partial charge is 0.332 e. The Hall–Kier alpha value is -0.860. The van der Waals surface area contributed by atoms with Gasteiger partial charge in [-0.15, -0.1) is 0 Å². The lowest BCUT2D eigenvalue weighted by atomic mass is 11.0. The Morgan fingerprint density at radius 1 is 0.889 bits per heavy atom. The van der Waals surface area contributed by atoms with Crippen LogP contribution in [0.2, 0.25) is 0 Å². The second-order valence-corrected chi connectivity index (χ2v) is 2.27. The van der Waals surface area contributed by atoms with Crippen molar-refractivity contribution in [1.82, 2.24) is 0 Å². The summed E-state index contributed by atoms with van der Waals surface area (Å²) in [6.45, 7) is 0. The highest BCUT2D eigenvalue weighted by atomic mass is 16.5. The Bertz CT molecular complexity index is 114. The van der Waals surface area contributed by atoms with Gasteiger partial charge in [0.2, 0.25) is 0 Å². The molecule has 0 amide bonds. The summed E-state index contributed by atoms with van der Waals surface area (Å²) in [7, 11) is 7.62. The SMILES string of the molecule is C[N+](C)=COC=[N+](C)C. The van der Waals surface area contributed by atoms with E-state index in [9.17, 15) is 0 Å². The molecular formula is C6H14N2O+2. The van der Waals surface area contributed by atoms with Crippen molar-refractivity contribution in [1.29, 1.82) is 0 Å². The standard InChI is InChI=1S/C6H14N2O/c1-7(2)5-9-6-8(3)4/h5-6H,1-4H3/q+2. The van der Waals surface area contributed by atoms with Gasteiger partial charge in [0.05, 0.1) is 0 Å². The topological polar surface area (TPSA) is 15.2 Å². The number of hydrogen-bond acceptors (Lipinski definition) is 1. The van der Waals surface area contributed by atoms with Crippen molar-refractivity contribution in [3.05, 3.63) is 0 Å². The molecule has 0 heterocycles. The molecule has 0 atom stereocenters. The molecule has 0 saturated heterocycles. The molecule has 0 aromatic carbocycles. The lowest BCUT2D eigenvalue weighted by Crippen LogP contribution is -2.06. The maximum absolute atomic E-state index is 4.96. The van der Waals surface area contributed by atoms with Crippen LogP contribution in [0.1, 0.15) is 0 Å². The normalized spacial score (nSPS) is 8.00. The number of rotatable bonds is 2. The van der Waals surface area contributed by atoms with Crippen LogP contribution in [0.5, 0.6) is 0 Å². The average Bonchev–Trinajstić information content (AvgIpc) is 1.63. The Morgan fingerprint density at radius 2 is 1.22 bits per heavy atom. The van der Waals surface area contributed by atoms with Crippen LogP contribution >= 0.6 is 0 Å². The van der Waals surface area contributed by atoms with Gasteiger partial charge in [0, 0.05) is 0 Å². The summed E-state index contributed by atoms with van der Waals surface area (Å²) in [4.78, 5) is 0.